The molecule has 6 nitrogen and oxygen atoms in total. The van der Waals surface area contributed by atoms with Crippen LogP contribution in [0, 0.1) is 0 Å². The highest BCUT2D eigenvalue weighted by Gasteiger charge is 2.12. The Morgan fingerprint density at radius 1 is 1.40 bits per heavy atom. The Balaban J connectivity index is 1.68. The number of hydrogen-bond donors (Lipinski definition) is 2. The lowest BCUT2D eigenvalue weighted by Gasteiger charge is -2.07. The number of rotatable bonds is 5. The zero-order chi connectivity index (χ0) is 14.4. The number of carbonyl (C=O) groups is 1. The zero-order valence-electron chi connectivity index (χ0n) is 10.6. The summed E-state index contributed by atoms with van der Waals surface area (Å²) in [7, 11) is 3.03. The summed E-state index contributed by atoms with van der Waals surface area (Å²) in [5, 5.41) is 19.6. The Hall–Kier alpha value is -1.54. The van der Waals surface area contributed by atoms with Gasteiger partial charge in [-0.1, -0.05) is 16.9 Å². The molecule has 0 aromatic carbocycles. The monoisotopic (exact) mass is 314 g/mol. The highest BCUT2D eigenvalue weighted by Crippen LogP contribution is 2.26. The summed E-state index contributed by atoms with van der Waals surface area (Å²) < 4.78 is 0.689. The molecule has 0 spiro atoms. The molecule has 0 fully saturated rings. The van der Waals surface area contributed by atoms with Gasteiger partial charge in [-0.2, -0.15) is 0 Å². The Morgan fingerprint density at radius 2 is 2.15 bits per heavy atom. The van der Waals surface area contributed by atoms with Gasteiger partial charge in [0.2, 0.25) is 11.8 Å². The molecule has 0 bridgehead atoms. The number of carbonyl (C=O) groups excluding carboxylic acids is 1. The largest absolute Gasteiger partial charge is 0.492 e. The van der Waals surface area contributed by atoms with E-state index < -0.39 is 5.97 Å². The lowest BCUT2D eigenvalue weighted by Crippen LogP contribution is -2.19. The van der Waals surface area contributed by atoms with Crippen LogP contribution < -0.4 is 4.84 Å². The van der Waals surface area contributed by atoms with Gasteiger partial charge in [-0.3, -0.25) is 4.99 Å². The summed E-state index contributed by atoms with van der Waals surface area (Å²) in [6.45, 7) is 0.813. The first-order chi connectivity index (χ1) is 9.66. The van der Waals surface area contributed by atoms with E-state index in [9.17, 15) is 15.0 Å². The molecule has 0 saturated heterocycles. The topological polar surface area (TPSA) is 84.0 Å². The van der Waals surface area contributed by atoms with Gasteiger partial charge in [-0.15, -0.1) is 4.73 Å². The van der Waals surface area contributed by atoms with E-state index >= 15 is 0 Å². The summed E-state index contributed by atoms with van der Waals surface area (Å²) in [4.78, 5) is 20.7. The van der Waals surface area contributed by atoms with Gasteiger partial charge < -0.3 is 15.1 Å². The van der Waals surface area contributed by atoms with Crippen LogP contribution in [0.4, 0.5) is 0 Å². The first kappa shape index (κ1) is 14.9. The van der Waals surface area contributed by atoms with Gasteiger partial charge in [-0.05, 0) is 23.3 Å². The molecule has 0 atom stereocenters. The first-order valence-corrected chi connectivity index (χ1v) is 8.30. The number of aliphatic imine (C=N–C) groups is 1. The maximum absolute atomic E-state index is 11.5. The number of aromatic hydroxyl groups is 2. The van der Waals surface area contributed by atoms with Gasteiger partial charge in [-0.25, -0.2) is 4.79 Å². The van der Waals surface area contributed by atoms with Crippen molar-refractivity contribution in [2.45, 2.75) is 12.8 Å². The standard InChI is InChI=1S/C12H14N2O4S2/c15-10-4-5-11(16)14(10)18-12(17)6-8-19-20-9-3-1-2-7-13-9/h1,3-5,15-16H,2,6-8H2. The van der Waals surface area contributed by atoms with Crippen LogP contribution in [0.5, 0.6) is 11.8 Å². The maximum Gasteiger partial charge on any atom is 0.334 e. The normalized spacial score (nSPS) is 14.1. The second kappa shape index (κ2) is 7.30. The number of dihydropyridines is 1. The van der Waals surface area contributed by atoms with Crippen LogP contribution >= 0.6 is 21.6 Å². The third kappa shape index (κ3) is 4.24. The van der Waals surface area contributed by atoms with Crippen molar-refractivity contribution in [1.29, 1.82) is 0 Å². The fourth-order valence-corrected chi connectivity index (χ4v) is 3.35. The van der Waals surface area contributed by atoms with Crippen molar-refractivity contribution in [1.82, 2.24) is 4.73 Å². The summed E-state index contributed by atoms with van der Waals surface area (Å²) in [5.41, 5.74) is 0. The smallest absolute Gasteiger partial charge is 0.334 e. The van der Waals surface area contributed by atoms with E-state index in [2.05, 4.69) is 11.1 Å². The average molecular weight is 314 g/mol. The Kier molecular flexibility index (Phi) is 5.42. The predicted octanol–water partition coefficient (Wildman–Crippen LogP) is 1.98. The van der Waals surface area contributed by atoms with E-state index in [0.717, 1.165) is 18.0 Å². The minimum Gasteiger partial charge on any atom is -0.492 e. The third-order valence-corrected chi connectivity index (χ3v) is 4.64. The quantitative estimate of drug-likeness (QED) is 0.639. The molecule has 108 valence electrons. The van der Waals surface area contributed by atoms with Crippen LogP contribution in [0.3, 0.4) is 0 Å². The summed E-state index contributed by atoms with van der Waals surface area (Å²) in [5.74, 6) is -0.612. The van der Waals surface area contributed by atoms with Gasteiger partial charge in [0.15, 0.2) is 0 Å². The van der Waals surface area contributed by atoms with E-state index in [1.54, 1.807) is 0 Å². The number of nitrogens with zero attached hydrogens (tertiary/aromatic N) is 2. The average Bonchev–Trinajstić information content (AvgIpc) is 2.77. The SMILES string of the molecule is O=C(CCSSC1=NCCC=C1)On1c(O)ccc1O. The molecule has 1 aromatic rings. The summed E-state index contributed by atoms with van der Waals surface area (Å²) >= 11 is 0. The highest BCUT2D eigenvalue weighted by molar-refractivity contribution is 8.82. The Labute approximate surface area is 123 Å². The van der Waals surface area contributed by atoms with Crippen molar-refractivity contribution in [3.8, 4) is 11.8 Å². The molecule has 1 aromatic heterocycles. The van der Waals surface area contributed by atoms with Gasteiger partial charge in [0, 0.05) is 24.4 Å². The van der Waals surface area contributed by atoms with Crippen LogP contribution in [-0.2, 0) is 4.79 Å². The van der Waals surface area contributed by atoms with Crippen molar-refractivity contribution < 1.29 is 19.8 Å². The molecular formula is C12H14N2O4S2. The van der Waals surface area contributed by atoms with Crippen LogP contribution in [0.25, 0.3) is 0 Å². The number of hydrogen-bond acceptors (Lipinski definition) is 7. The van der Waals surface area contributed by atoms with E-state index in [1.807, 2.05) is 6.08 Å². The fraction of sp³-hybridized carbons (Fsp3) is 0.333. The van der Waals surface area contributed by atoms with Gasteiger partial charge in [0.25, 0.3) is 0 Å². The van der Waals surface area contributed by atoms with E-state index in [0.29, 0.717) is 10.5 Å². The fourth-order valence-electron chi connectivity index (χ4n) is 1.41. The third-order valence-electron chi connectivity index (χ3n) is 2.35. The summed E-state index contributed by atoms with van der Waals surface area (Å²) in [6.07, 6.45) is 5.19. The molecule has 1 aliphatic heterocycles. The first-order valence-electron chi connectivity index (χ1n) is 5.98. The van der Waals surface area contributed by atoms with Crippen LogP contribution in [0.1, 0.15) is 12.8 Å². The van der Waals surface area contributed by atoms with Crippen LogP contribution in [0.2, 0.25) is 0 Å². The van der Waals surface area contributed by atoms with Crippen molar-refractivity contribution in [2.75, 3.05) is 12.3 Å². The second-order valence-corrected chi connectivity index (χ2v) is 6.31. The molecule has 0 amide bonds. The molecule has 1 aliphatic rings. The molecule has 0 radical (unpaired) electrons. The maximum atomic E-state index is 11.5. The predicted molar refractivity (Wildman–Crippen MR) is 80.1 cm³/mol. The van der Waals surface area contributed by atoms with Gasteiger partial charge in [0.1, 0.15) is 5.04 Å². The minimum atomic E-state index is -0.527. The molecule has 2 heterocycles. The molecule has 8 heteroatoms. The molecule has 0 saturated carbocycles. The molecule has 0 unspecified atom stereocenters. The molecule has 20 heavy (non-hydrogen) atoms. The lowest BCUT2D eigenvalue weighted by atomic mass is 10.3. The number of aromatic nitrogens is 1. The van der Waals surface area contributed by atoms with Crippen molar-refractivity contribution >= 4 is 32.6 Å². The van der Waals surface area contributed by atoms with Crippen LogP contribution in [-0.4, -0.2) is 38.3 Å². The highest BCUT2D eigenvalue weighted by atomic mass is 33.1. The molecule has 0 aliphatic carbocycles. The van der Waals surface area contributed by atoms with Gasteiger partial charge >= 0.3 is 5.97 Å². The van der Waals surface area contributed by atoms with Crippen molar-refractivity contribution in [3.63, 3.8) is 0 Å². The van der Waals surface area contributed by atoms with E-state index in [1.165, 1.54) is 33.7 Å². The van der Waals surface area contributed by atoms with Crippen LogP contribution in [0.15, 0.2) is 29.3 Å². The summed E-state index contributed by atoms with van der Waals surface area (Å²) in [6, 6.07) is 2.47. The Morgan fingerprint density at radius 3 is 2.80 bits per heavy atom. The molecular weight excluding hydrogens is 300 g/mol. The second-order valence-electron chi connectivity index (χ2n) is 3.87. The minimum absolute atomic E-state index is 0.172. The molecule has 2 rings (SSSR count). The Bertz CT molecular complexity index is 520. The van der Waals surface area contributed by atoms with E-state index in [-0.39, 0.29) is 18.2 Å². The van der Waals surface area contributed by atoms with Crippen molar-refractivity contribution in [2.24, 2.45) is 4.99 Å². The lowest BCUT2D eigenvalue weighted by molar-refractivity contribution is -0.144. The zero-order valence-corrected chi connectivity index (χ0v) is 12.2. The molecule has 2 N–H and O–H groups in total. The van der Waals surface area contributed by atoms with Gasteiger partial charge in [0.05, 0.1) is 6.42 Å². The van der Waals surface area contributed by atoms with E-state index in [4.69, 9.17) is 4.84 Å². The van der Waals surface area contributed by atoms with Crippen molar-refractivity contribution in [3.05, 3.63) is 24.3 Å².